The van der Waals surface area contributed by atoms with Gasteiger partial charge in [0.1, 0.15) is 6.10 Å². The molecule has 0 aliphatic rings. The highest BCUT2D eigenvalue weighted by Crippen LogP contribution is 2.06. The van der Waals surface area contributed by atoms with E-state index in [0.29, 0.717) is 6.42 Å². The summed E-state index contributed by atoms with van der Waals surface area (Å²) in [5.74, 6) is -0.105. The Labute approximate surface area is 74.6 Å². The number of carbonyl (C=O) groups is 1. The molecule has 0 saturated carbocycles. The lowest BCUT2D eigenvalue weighted by molar-refractivity contribution is -0.148. The molecule has 0 aliphatic heterocycles. The zero-order valence-corrected chi connectivity index (χ0v) is 8.22. The van der Waals surface area contributed by atoms with Gasteiger partial charge in [-0.3, -0.25) is 4.79 Å². The molecule has 0 bridgehead atoms. The number of hydrogen-bond acceptors (Lipinski definition) is 2. The summed E-state index contributed by atoms with van der Waals surface area (Å²) >= 11 is 0. The summed E-state index contributed by atoms with van der Waals surface area (Å²) < 4.78 is 5.10. The van der Waals surface area contributed by atoms with E-state index < -0.39 is 0 Å². The Morgan fingerprint density at radius 1 is 1.58 bits per heavy atom. The normalized spacial score (nSPS) is 12.2. The van der Waals surface area contributed by atoms with Crippen molar-refractivity contribution in [2.75, 3.05) is 0 Å². The number of ether oxygens (including phenoxy) is 1. The van der Waals surface area contributed by atoms with Crippen molar-refractivity contribution in [1.82, 2.24) is 0 Å². The zero-order chi connectivity index (χ0) is 9.56. The second-order valence-electron chi connectivity index (χ2n) is 3.21. The smallest absolute Gasteiger partial charge is 0.306 e. The zero-order valence-electron chi connectivity index (χ0n) is 8.22. The minimum Gasteiger partial charge on any atom is -0.462 e. The van der Waals surface area contributed by atoms with Crippen LogP contribution < -0.4 is 0 Å². The van der Waals surface area contributed by atoms with Gasteiger partial charge in [0.25, 0.3) is 0 Å². The van der Waals surface area contributed by atoms with E-state index in [1.54, 1.807) is 0 Å². The molecule has 0 aromatic carbocycles. The van der Waals surface area contributed by atoms with Gasteiger partial charge in [0.2, 0.25) is 0 Å². The van der Waals surface area contributed by atoms with Crippen molar-refractivity contribution in [2.24, 2.45) is 0 Å². The molecule has 1 atom stereocenters. The highest BCUT2D eigenvalue weighted by atomic mass is 16.5. The van der Waals surface area contributed by atoms with E-state index in [-0.39, 0.29) is 12.1 Å². The number of esters is 1. The molecule has 0 N–H and O–H groups in total. The summed E-state index contributed by atoms with van der Waals surface area (Å²) in [6.07, 6.45) is 2.09. The summed E-state index contributed by atoms with van der Waals surface area (Å²) in [6, 6.07) is 0. The van der Waals surface area contributed by atoms with Gasteiger partial charge in [0.15, 0.2) is 0 Å². The Hall–Kier alpha value is -0.790. The first-order chi connectivity index (χ1) is 5.56. The summed E-state index contributed by atoms with van der Waals surface area (Å²) in [6.45, 7) is 9.55. The van der Waals surface area contributed by atoms with Gasteiger partial charge in [-0.05, 0) is 20.3 Å². The Morgan fingerprint density at radius 2 is 2.17 bits per heavy atom. The highest BCUT2D eigenvalue weighted by molar-refractivity contribution is 5.69. The minimum absolute atomic E-state index is 0.0263. The van der Waals surface area contributed by atoms with Crippen molar-refractivity contribution in [3.63, 3.8) is 0 Å². The molecule has 0 fully saturated rings. The van der Waals surface area contributed by atoms with Crippen LogP contribution in [0.4, 0.5) is 0 Å². The van der Waals surface area contributed by atoms with Crippen molar-refractivity contribution in [3.8, 4) is 0 Å². The van der Waals surface area contributed by atoms with Crippen LogP contribution in [-0.4, -0.2) is 12.1 Å². The lowest BCUT2D eigenvalue weighted by Gasteiger charge is -2.12. The fraction of sp³-hybridized carbons (Fsp3) is 0.700. The average molecular weight is 170 g/mol. The summed E-state index contributed by atoms with van der Waals surface area (Å²) in [5, 5.41) is 0. The van der Waals surface area contributed by atoms with Crippen LogP contribution in [0.1, 0.15) is 40.0 Å². The lowest BCUT2D eigenvalue weighted by atomic mass is 10.2. The van der Waals surface area contributed by atoms with Crippen LogP contribution in [-0.2, 0) is 9.53 Å². The van der Waals surface area contributed by atoms with E-state index >= 15 is 0 Å². The number of rotatable bonds is 5. The van der Waals surface area contributed by atoms with Gasteiger partial charge in [0.05, 0.1) is 0 Å². The summed E-state index contributed by atoms with van der Waals surface area (Å²) in [4.78, 5) is 11.0. The number of hydrogen-bond donors (Lipinski definition) is 0. The van der Waals surface area contributed by atoms with Gasteiger partial charge >= 0.3 is 5.97 Å². The maximum Gasteiger partial charge on any atom is 0.306 e. The molecule has 70 valence electrons. The van der Waals surface area contributed by atoms with Crippen molar-refractivity contribution in [1.29, 1.82) is 0 Å². The third kappa shape index (κ3) is 5.96. The summed E-state index contributed by atoms with van der Waals surface area (Å²) in [7, 11) is 0. The topological polar surface area (TPSA) is 26.3 Å². The third-order valence-electron chi connectivity index (χ3n) is 1.42. The Morgan fingerprint density at radius 3 is 2.58 bits per heavy atom. The van der Waals surface area contributed by atoms with Crippen molar-refractivity contribution >= 4 is 5.97 Å². The molecule has 2 heteroatoms. The van der Waals surface area contributed by atoms with Crippen molar-refractivity contribution in [2.45, 2.75) is 46.1 Å². The minimum atomic E-state index is -0.105. The maximum absolute atomic E-state index is 11.0. The van der Waals surface area contributed by atoms with Crippen LogP contribution in [0.2, 0.25) is 0 Å². The van der Waals surface area contributed by atoms with E-state index in [1.807, 2.05) is 20.8 Å². The van der Waals surface area contributed by atoms with Crippen LogP contribution in [0.15, 0.2) is 12.2 Å². The third-order valence-corrected chi connectivity index (χ3v) is 1.42. The SMILES string of the molecule is C=C(C)CC(C)OC(=O)CCC. The van der Waals surface area contributed by atoms with Crippen LogP contribution >= 0.6 is 0 Å². The van der Waals surface area contributed by atoms with Crippen LogP contribution in [0.25, 0.3) is 0 Å². The molecule has 12 heavy (non-hydrogen) atoms. The first kappa shape index (κ1) is 11.2. The molecule has 0 heterocycles. The monoisotopic (exact) mass is 170 g/mol. The molecule has 0 aliphatic carbocycles. The average Bonchev–Trinajstić information content (AvgIpc) is 1.84. The van der Waals surface area contributed by atoms with Gasteiger partial charge < -0.3 is 4.74 Å². The Balaban J connectivity index is 3.61. The molecule has 0 radical (unpaired) electrons. The van der Waals surface area contributed by atoms with Gasteiger partial charge in [-0.1, -0.05) is 12.5 Å². The molecule has 0 rings (SSSR count). The van der Waals surface area contributed by atoms with Crippen LogP contribution in [0.3, 0.4) is 0 Å². The maximum atomic E-state index is 11.0. The molecule has 2 nitrogen and oxygen atoms in total. The van der Waals surface area contributed by atoms with E-state index in [9.17, 15) is 4.79 Å². The Kier molecular flexibility index (Phi) is 5.43. The van der Waals surface area contributed by atoms with Crippen molar-refractivity contribution in [3.05, 3.63) is 12.2 Å². The van der Waals surface area contributed by atoms with E-state index in [4.69, 9.17) is 4.74 Å². The van der Waals surface area contributed by atoms with Gasteiger partial charge in [-0.2, -0.15) is 0 Å². The predicted octanol–water partition coefficient (Wildman–Crippen LogP) is 2.68. The van der Waals surface area contributed by atoms with Crippen LogP contribution in [0, 0.1) is 0 Å². The molecular formula is C10H18O2. The molecular weight excluding hydrogens is 152 g/mol. The second kappa shape index (κ2) is 5.81. The highest BCUT2D eigenvalue weighted by Gasteiger charge is 2.07. The quantitative estimate of drug-likeness (QED) is 0.468. The Bertz CT molecular complexity index is 161. The molecule has 0 aromatic rings. The van der Waals surface area contributed by atoms with Crippen molar-refractivity contribution < 1.29 is 9.53 Å². The predicted molar refractivity (Wildman–Crippen MR) is 49.9 cm³/mol. The molecule has 0 saturated heterocycles. The lowest BCUT2D eigenvalue weighted by Crippen LogP contribution is -2.14. The molecule has 0 amide bonds. The summed E-state index contributed by atoms with van der Waals surface area (Å²) in [5.41, 5.74) is 1.05. The number of carbonyl (C=O) groups excluding carboxylic acids is 1. The van der Waals surface area contributed by atoms with Gasteiger partial charge in [-0.25, -0.2) is 0 Å². The first-order valence-electron chi connectivity index (χ1n) is 4.40. The van der Waals surface area contributed by atoms with Crippen LogP contribution in [0.5, 0.6) is 0 Å². The van der Waals surface area contributed by atoms with Gasteiger partial charge in [-0.15, -0.1) is 6.58 Å². The standard InChI is InChI=1S/C10H18O2/c1-5-6-10(11)12-9(4)7-8(2)3/h9H,2,5-7H2,1,3-4H3. The van der Waals surface area contributed by atoms with E-state index in [2.05, 4.69) is 6.58 Å². The van der Waals surface area contributed by atoms with E-state index in [1.165, 1.54) is 0 Å². The molecule has 0 aromatic heterocycles. The van der Waals surface area contributed by atoms with Gasteiger partial charge in [0, 0.05) is 12.8 Å². The molecule has 0 spiro atoms. The fourth-order valence-corrected chi connectivity index (χ4v) is 1.02. The fourth-order valence-electron chi connectivity index (χ4n) is 1.02. The second-order valence-corrected chi connectivity index (χ2v) is 3.21. The first-order valence-corrected chi connectivity index (χ1v) is 4.40. The largest absolute Gasteiger partial charge is 0.462 e. The van der Waals surface area contributed by atoms with E-state index in [0.717, 1.165) is 18.4 Å². The molecule has 1 unspecified atom stereocenters.